The van der Waals surface area contributed by atoms with E-state index in [0.29, 0.717) is 18.3 Å². The van der Waals surface area contributed by atoms with Crippen LogP contribution in [-0.2, 0) is 6.42 Å². The van der Waals surface area contributed by atoms with Crippen molar-refractivity contribution in [2.75, 3.05) is 0 Å². The van der Waals surface area contributed by atoms with E-state index in [1.807, 2.05) is 24.3 Å². The molecule has 0 saturated carbocycles. The van der Waals surface area contributed by atoms with Gasteiger partial charge in [-0.2, -0.15) is 5.26 Å². The highest BCUT2D eigenvalue weighted by atomic mass is 19.1. The minimum atomic E-state index is 0.588. The molecule has 0 heterocycles. The summed E-state index contributed by atoms with van der Waals surface area (Å²) in [5.41, 5.74) is 4.07. The third kappa shape index (κ3) is 3.53. The molecule has 0 aliphatic heterocycles. The van der Waals surface area contributed by atoms with Crippen LogP contribution in [-0.4, -0.2) is 0 Å². The minimum absolute atomic E-state index is 0.588. The molecule has 2 aromatic carbocycles. The van der Waals surface area contributed by atoms with Gasteiger partial charge in [-0.25, -0.2) is 4.39 Å². The molecule has 0 saturated heterocycles. The van der Waals surface area contributed by atoms with Gasteiger partial charge in [0, 0.05) is 0 Å². The van der Waals surface area contributed by atoms with Crippen LogP contribution in [0.1, 0.15) is 17.5 Å². The number of halogens is 1. The van der Waals surface area contributed by atoms with Gasteiger partial charge in [-0.1, -0.05) is 42.5 Å². The first-order chi connectivity index (χ1) is 9.33. The molecule has 0 bridgehead atoms. The van der Waals surface area contributed by atoms with Gasteiger partial charge >= 0.3 is 0 Å². The van der Waals surface area contributed by atoms with Crippen LogP contribution >= 0.6 is 0 Å². The molecule has 0 N–H and O–H groups in total. The molecular formula is C17H14FN. The maximum atomic E-state index is 11.8. The smallest absolute Gasteiger partial charge is 0.0991 e. The normalized spacial score (nSPS) is 10.5. The lowest BCUT2D eigenvalue weighted by Gasteiger charge is -2.04. The number of allylic oxidation sites excluding steroid dienone is 1. The molecule has 2 heteroatoms. The monoisotopic (exact) mass is 251 g/mol. The van der Waals surface area contributed by atoms with E-state index in [1.54, 1.807) is 0 Å². The van der Waals surface area contributed by atoms with Crippen molar-refractivity contribution >= 4 is 0 Å². The number of benzene rings is 2. The van der Waals surface area contributed by atoms with Gasteiger partial charge in [0.1, 0.15) is 0 Å². The molecule has 2 rings (SSSR count). The van der Waals surface area contributed by atoms with Crippen LogP contribution in [0.4, 0.5) is 4.39 Å². The zero-order chi connectivity index (χ0) is 13.5. The Bertz CT molecular complexity index is 589. The molecule has 0 atom stereocenters. The second kappa shape index (κ2) is 6.51. The number of hydrogen-bond donors (Lipinski definition) is 0. The Morgan fingerprint density at radius 1 is 0.947 bits per heavy atom. The van der Waals surface area contributed by atoms with Gasteiger partial charge in [0.2, 0.25) is 0 Å². The number of aryl methyl sites for hydroxylation is 1. The summed E-state index contributed by atoms with van der Waals surface area (Å²) in [7, 11) is 0. The zero-order valence-corrected chi connectivity index (χ0v) is 10.5. The van der Waals surface area contributed by atoms with Crippen molar-refractivity contribution in [2.45, 2.75) is 12.8 Å². The predicted octanol–water partition coefficient (Wildman–Crippen LogP) is 4.64. The maximum Gasteiger partial charge on any atom is 0.0991 e. The summed E-state index contributed by atoms with van der Waals surface area (Å²) < 4.78 is 11.8. The Morgan fingerprint density at radius 3 is 2.05 bits per heavy atom. The third-order valence-electron chi connectivity index (χ3n) is 2.99. The van der Waals surface area contributed by atoms with E-state index in [0.717, 1.165) is 17.5 Å². The van der Waals surface area contributed by atoms with Crippen molar-refractivity contribution in [3.8, 4) is 17.2 Å². The number of nitrogens with zero attached hydrogens (tertiary/aromatic N) is 1. The molecule has 0 radical (unpaired) electrons. The Morgan fingerprint density at radius 2 is 1.53 bits per heavy atom. The van der Waals surface area contributed by atoms with Crippen molar-refractivity contribution in [3.05, 3.63) is 72.1 Å². The van der Waals surface area contributed by atoms with Crippen LogP contribution in [0.5, 0.6) is 0 Å². The fourth-order valence-electron chi connectivity index (χ4n) is 1.91. The van der Waals surface area contributed by atoms with Gasteiger partial charge < -0.3 is 0 Å². The van der Waals surface area contributed by atoms with Crippen LogP contribution in [0.25, 0.3) is 11.1 Å². The summed E-state index contributed by atoms with van der Waals surface area (Å²) in [6.45, 7) is 0. The predicted molar refractivity (Wildman–Crippen MR) is 75.2 cm³/mol. The molecule has 19 heavy (non-hydrogen) atoms. The number of hydrogen-bond acceptors (Lipinski definition) is 1. The van der Waals surface area contributed by atoms with Crippen LogP contribution < -0.4 is 0 Å². The number of nitriles is 1. The first-order valence-corrected chi connectivity index (χ1v) is 6.18. The fourth-order valence-corrected chi connectivity index (χ4v) is 1.91. The second-order valence-electron chi connectivity index (χ2n) is 4.29. The highest BCUT2D eigenvalue weighted by Crippen LogP contribution is 2.20. The van der Waals surface area contributed by atoms with Crippen molar-refractivity contribution < 1.29 is 4.39 Å². The lowest BCUT2D eigenvalue weighted by Crippen LogP contribution is -1.84. The molecule has 94 valence electrons. The largest absolute Gasteiger partial charge is 0.216 e. The molecule has 0 aliphatic rings. The molecule has 0 aromatic heterocycles. The van der Waals surface area contributed by atoms with E-state index < -0.39 is 0 Å². The van der Waals surface area contributed by atoms with Crippen LogP contribution in [0.15, 0.2) is 60.9 Å². The molecule has 0 spiro atoms. The van der Waals surface area contributed by atoms with Crippen molar-refractivity contribution in [3.63, 3.8) is 0 Å². The van der Waals surface area contributed by atoms with E-state index in [2.05, 4.69) is 30.3 Å². The van der Waals surface area contributed by atoms with Gasteiger partial charge in [0.15, 0.2) is 0 Å². The van der Waals surface area contributed by atoms with Gasteiger partial charge in [-0.15, -0.1) is 0 Å². The Balaban J connectivity index is 2.11. The topological polar surface area (TPSA) is 23.8 Å². The second-order valence-corrected chi connectivity index (χ2v) is 4.29. The maximum absolute atomic E-state index is 11.8. The Kier molecular flexibility index (Phi) is 4.47. The fraction of sp³-hybridized carbons (Fsp3) is 0.118. The summed E-state index contributed by atoms with van der Waals surface area (Å²) in [6, 6.07) is 17.8. The lowest BCUT2D eigenvalue weighted by molar-refractivity contribution is 0.713. The van der Waals surface area contributed by atoms with Gasteiger partial charge in [0.05, 0.1) is 18.0 Å². The quantitative estimate of drug-likeness (QED) is 0.776. The molecule has 0 unspecified atom stereocenters. The lowest BCUT2D eigenvalue weighted by atomic mass is 10.0. The molecular weight excluding hydrogens is 237 g/mol. The van der Waals surface area contributed by atoms with Crippen LogP contribution in [0, 0.1) is 11.3 Å². The summed E-state index contributed by atoms with van der Waals surface area (Å²) in [4.78, 5) is 0. The van der Waals surface area contributed by atoms with Crippen LogP contribution in [0.3, 0.4) is 0 Å². The average Bonchev–Trinajstić information content (AvgIpc) is 2.48. The highest BCUT2D eigenvalue weighted by Gasteiger charge is 1.98. The first kappa shape index (κ1) is 13.0. The first-order valence-electron chi connectivity index (χ1n) is 6.18. The SMILES string of the molecule is N#Cc1ccc(-c2ccc(CC/C=C/F)cc2)cc1. The van der Waals surface area contributed by atoms with E-state index in [1.165, 1.54) is 11.6 Å². The Labute approximate surface area is 112 Å². The van der Waals surface area contributed by atoms with Gasteiger partial charge in [-0.05, 0) is 41.7 Å². The summed E-state index contributed by atoms with van der Waals surface area (Å²) >= 11 is 0. The van der Waals surface area contributed by atoms with Gasteiger partial charge in [0.25, 0.3) is 0 Å². The van der Waals surface area contributed by atoms with Crippen LogP contribution in [0.2, 0.25) is 0 Å². The summed E-state index contributed by atoms with van der Waals surface area (Å²) in [5.74, 6) is 0. The van der Waals surface area contributed by atoms with E-state index in [9.17, 15) is 4.39 Å². The zero-order valence-electron chi connectivity index (χ0n) is 10.5. The molecule has 0 fully saturated rings. The van der Waals surface area contributed by atoms with Gasteiger partial charge in [-0.3, -0.25) is 0 Å². The third-order valence-corrected chi connectivity index (χ3v) is 2.99. The van der Waals surface area contributed by atoms with Crippen molar-refractivity contribution in [1.82, 2.24) is 0 Å². The molecule has 0 aliphatic carbocycles. The summed E-state index contributed by atoms with van der Waals surface area (Å²) in [5, 5.41) is 8.76. The minimum Gasteiger partial charge on any atom is -0.216 e. The van der Waals surface area contributed by atoms with Crippen molar-refractivity contribution in [1.29, 1.82) is 5.26 Å². The van der Waals surface area contributed by atoms with E-state index in [-0.39, 0.29) is 0 Å². The standard InChI is InChI=1S/C17H14FN/c18-12-2-1-3-14-4-8-16(9-5-14)17-10-6-15(13-19)7-11-17/h2,4-12H,1,3H2/b12-2+. The Hall–Kier alpha value is -2.40. The summed E-state index contributed by atoms with van der Waals surface area (Å²) in [6.07, 6.45) is 3.67. The van der Waals surface area contributed by atoms with Crippen molar-refractivity contribution in [2.24, 2.45) is 0 Å². The molecule has 1 nitrogen and oxygen atoms in total. The van der Waals surface area contributed by atoms with E-state index in [4.69, 9.17) is 5.26 Å². The molecule has 2 aromatic rings. The number of rotatable bonds is 4. The molecule has 0 amide bonds. The van der Waals surface area contributed by atoms with E-state index >= 15 is 0 Å². The highest BCUT2D eigenvalue weighted by molar-refractivity contribution is 5.64. The average molecular weight is 251 g/mol.